The first-order valence-electron chi connectivity index (χ1n) is 5.99. The molecule has 0 aliphatic heterocycles. The monoisotopic (exact) mass is 308 g/mol. The summed E-state index contributed by atoms with van der Waals surface area (Å²) in [4.78, 5) is 11.5. The molecule has 6 nitrogen and oxygen atoms in total. The van der Waals surface area contributed by atoms with Gasteiger partial charge in [0.05, 0.1) is 6.54 Å². The fourth-order valence-corrected chi connectivity index (χ4v) is 2.36. The van der Waals surface area contributed by atoms with Gasteiger partial charge in [0, 0.05) is 6.20 Å². The fraction of sp³-hybridized carbons (Fsp3) is 0.545. The quantitative estimate of drug-likeness (QED) is 0.825. The van der Waals surface area contributed by atoms with Crippen LogP contribution in [-0.4, -0.2) is 31.5 Å². The van der Waals surface area contributed by atoms with Gasteiger partial charge in [-0.1, -0.05) is 0 Å². The Labute approximate surface area is 114 Å². The molecule has 2 rings (SSSR count). The molecule has 0 amide bonds. The normalized spacial score (nSPS) is 16.2. The molecule has 0 unspecified atom stereocenters. The molecular formula is C11H14F2N2O4S. The van der Waals surface area contributed by atoms with Crippen molar-refractivity contribution in [2.45, 2.75) is 43.2 Å². The van der Waals surface area contributed by atoms with Gasteiger partial charge in [0.25, 0.3) is 6.43 Å². The van der Waals surface area contributed by atoms with E-state index in [9.17, 15) is 22.0 Å². The molecule has 2 N–H and O–H groups in total. The fourth-order valence-electron chi connectivity index (χ4n) is 1.81. The van der Waals surface area contributed by atoms with Crippen LogP contribution in [0.15, 0.2) is 17.2 Å². The Kier molecular flexibility index (Phi) is 4.09. The minimum Gasteiger partial charge on any atom is -0.458 e. The summed E-state index contributed by atoms with van der Waals surface area (Å²) in [6.45, 7) is -0.801. The van der Waals surface area contributed by atoms with Crippen LogP contribution in [0.4, 0.5) is 8.78 Å². The third-order valence-corrected chi connectivity index (χ3v) is 3.95. The number of nitrogens with two attached hydrogens (primary N) is 1. The first-order chi connectivity index (χ1) is 9.27. The zero-order valence-corrected chi connectivity index (χ0v) is 11.3. The number of primary sulfonamides is 1. The summed E-state index contributed by atoms with van der Waals surface area (Å²) in [7, 11) is -4.07. The van der Waals surface area contributed by atoms with Crippen LogP contribution >= 0.6 is 0 Å². The molecule has 0 bridgehead atoms. The van der Waals surface area contributed by atoms with Crippen LogP contribution in [0.5, 0.6) is 0 Å². The highest BCUT2D eigenvalue weighted by Crippen LogP contribution is 2.24. The first-order valence-corrected chi connectivity index (χ1v) is 7.54. The number of hydrogen-bond acceptors (Lipinski definition) is 4. The highest BCUT2D eigenvalue weighted by atomic mass is 32.2. The molecular weight excluding hydrogens is 294 g/mol. The SMILES string of the molecule is NS(=O)(=O)c1cc(C(=O)OC2CCC2)n(CC(F)F)c1. The van der Waals surface area contributed by atoms with Gasteiger partial charge >= 0.3 is 5.97 Å². The molecule has 0 atom stereocenters. The van der Waals surface area contributed by atoms with Crippen molar-refractivity contribution in [3.05, 3.63) is 18.0 Å². The number of nitrogens with zero attached hydrogens (tertiary/aromatic N) is 1. The lowest BCUT2D eigenvalue weighted by molar-refractivity contribution is 0.00750. The molecule has 1 saturated carbocycles. The van der Waals surface area contributed by atoms with Gasteiger partial charge in [-0.25, -0.2) is 27.1 Å². The van der Waals surface area contributed by atoms with Crippen molar-refractivity contribution in [3.63, 3.8) is 0 Å². The van der Waals surface area contributed by atoms with E-state index in [0.29, 0.717) is 0 Å². The number of ether oxygens (including phenoxy) is 1. The van der Waals surface area contributed by atoms with Gasteiger partial charge in [0.2, 0.25) is 10.0 Å². The third-order valence-electron chi connectivity index (χ3n) is 3.07. The first kappa shape index (κ1) is 14.9. The van der Waals surface area contributed by atoms with Crippen molar-refractivity contribution in [1.82, 2.24) is 4.57 Å². The molecule has 20 heavy (non-hydrogen) atoms. The lowest BCUT2D eigenvalue weighted by Gasteiger charge is -2.25. The highest BCUT2D eigenvalue weighted by Gasteiger charge is 2.26. The Bertz CT molecular complexity index is 608. The number of esters is 1. The molecule has 0 spiro atoms. The molecule has 0 radical (unpaired) electrons. The van der Waals surface area contributed by atoms with Crippen LogP contribution in [0.1, 0.15) is 29.8 Å². The summed E-state index contributed by atoms with van der Waals surface area (Å²) in [5, 5.41) is 4.93. The maximum Gasteiger partial charge on any atom is 0.355 e. The molecule has 1 aromatic rings. The van der Waals surface area contributed by atoms with Gasteiger partial charge in [-0.3, -0.25) is 0 Å². The van der Waals surface area contributed by atoms with Gasteiger partial charge in [0.15, 0.2) is 0 Å². The molecule has 1 aliphatic carbocycles. The maximum absolute atomic E-state index is 12.5. The van der Waals surface area contributed by atoms with E-state index in [-0.39, 0.29) is 11.8 Å². The number of carbonyl (C=O) groups excluding carboxylic acids is 1. The molecule has 1 fully saturated rings. The minimum absolute atomic E-state index is 0.227. The van der Waals surface area contributed by atoms with E-state index in [2.05, 4.69) is 0 Å². The van der Waals surface area contributed by atoms with E-state index >= 15 is 0 Å². The number of rotatable bonds is 5. The van der Waals surface area contributed by atoms with Crippen LogP contribution in [-0.2, 0) is 21.3 Å². The Morgan fingerprint density at radius 1 is 1.50 bits per heavy atom. The Morgan fingerprint density at radius 3 is 2.60 bits per heavy atom. The zero-order chi connectivity index (χ0) is 14.9. The Balaban J connectivity index is 2.28. The van der Waals surface area contributed by atoms with Crippen LogP contribution in [0.2, 0.25) is 0 Å². The highest BCUT2D eigenvalue weighted by molar-refractivity contribution is 7.89. The van der Waals surface area contributed by atoms with Crippen LogP contribution in [0, 0.1) is 0 Å². The largest absolute Gasteiger partial charge is 0.458 e. The van der Waals surface area contributed by atoms with Crippen molar-refractivity contribution in [1.29, 1.82) is 0 Å². The lowest BCUT2D eigenvalue weighted by atomic mass is 9.96. The topological polar surface area (TPSA) is 91.4 Å². The number of aromatic nitrogens is 1. The summed E-state index contributed by atoms with van der Waals surface area (Å²) in [6, 6.07) is 0.957. The van der Waals surface area contributed by atoms with E-state index in [4.69, 9.17) is 9.88 Å². The number of carbonyl (C=O) groups is 1. The Morgan fingerprint density at radius 2 is 2.15 bits per heavy atom. The van der Waals surface area contributed by atoms with Gasteiger partial charge in [-0.05, 0) is 25.3 Å². The number of alkyl halides is 2. The van der Waals surface area contributed by atoms with Crippen molar-refractivity contribution < 1.29 is 26.7 Å². The van der Waals surface area contributed by atoms with Crippen LogP contribution in [0.3, 0.4) is 0 Å². The van der Waals surface area contributed by atoms with Crippen molar-refractivity contribution >= 4 is 16.0 Å². The molecule has 1 aromatic heterocycles. The van der Waals surface area contributed by atoms with Crippen molar-refractivity contribution in [2.75, 3.05) is 0 Å². The van der Waals surface area contributed by atoms with Crippen molar-refractivity contribution in [2.24, 2.45) is 5.14 Å². The van der Waals surface area contributed by atoms with Gasteiger partial charge in [-0.2, -0.15) is 0 Å². The molecule has 0 saturated heterocycles. The predicted molar refractivity (Wildman–Crippen MR) is 64.9 cm³/mol. The molecule has 1 aliphatic rings. The van der Waals surface area contributed by atoms with E-state index < -0.39 is 33.9 Å². The van der Waals surface area contributed by atoms with Crippen LogP contribution in [0.25, 0.3) is 0 Å². The summed E-state index contributed by atoms with van der Waals surface area (Å²) in [5.74, 6) is -0.815. The third kappa shape index (κ3) is 3.34. The molecule has 1 heterocycles. The van der Waals surface area contributed by atoms with Gasteiger partial charge in [-0.15, -0.1) is 0 Å². The number of sulfonamides is 1. The number of halogens is 2. The average Bonchev–Trinajstić information content (AvgIpc) is 2.65. The summed E-state index contributed by atoms with van der Waals surface area (Å²) in [6.07, 6.45) is 0.352. The van der Waals surface area contributed by atoms with E-state index in [1.807, 2.05) is 0 Å². The standard InChI is InChI=1S/C11H14F2N2O4S/c12-10(13)6-15-5-8(20(14,17)18)4-9(15)11(16)19-7-2-1-3-7/h4-5,7,10H,1-3,6H2,(H2,14,17,18). The van der Waals surface area contributed by atoms with E-state index in [1.165, 1.54) is 0 Å². The number of hydrogen-bond donors (Lipinski definition) is 1. The molecule has 0 aromatic carbocycles. The predicted octanol–water partition coefficient (Wildman–Crippen LogP) is 1.11. The lowest BCUT2D eigenvalue weighted by Crippen LogP contribution is -2.26. The van der Waals surface area contributed by atoms with Crippen molar-refractivity contribution in [3.8, 4) is 0 Å². The van der Waals surface area contributed by atoms with Gasteiger partial charge < -0.3 is 9.30 Å². The second-order valence-electron chi connectivity index (χ2n) is 4.61. The second-order valence-corrected chi connectivity index (χ2v) is 6.17. The summed E-state index contributed by atoms with van der Waals surface area (Å²) in [5.41, 5.74) is -0.235. The van der Waals surface area contributed by atoms with E-state index in [1.54, 1.807) is 0 Å². The van der Waals surface area contributed by atoms with Gasteiger partial charge in [0.1, 0.15) is 16.7 Å². The summed E-state index contributed by atoms with van der Waals surface area (Å²) >= 11 is 0. The Hall–Kier alpha value is -1.48. The maximum atomic E-state index is 12.5. The molecule has 9 heteroatoms. The zero-order valence-electron chi connectivity index (χ0n) is 10.5. The second kappa shape index (κ2) is 5.49. The minimum atomic E-state index is -4.07. The molecule has 112 valence electrons. The summed E-state index contributed by atoms with van der Waals surface area (Å²) < 4.78 is 53.3. The average molecular weight is 308 g/mol. The smallest absolute Gasteiger partial charge is 0.355 e. The van der Waals surface area contributed by atoms with E-state index in [0.717, 1.165) is 36.1 Å². The van der Waals surface area contributed by atoms with Crippen LogP contribution < -0.4 is 5.14 Å².